The maximum Gasteiger partial charge on any atom is 0.319 e. The number of ether oxygens (including phenoxy) is 4. The molecule has 0 radical (unpaired) electrons. The molecule has 0 unspecified atom stereocenters. The molecule has 0 spiro atoms. The third-order valence-corrected chi connectivity index (χ3v) is 5.03. The van der Waals surface area contributed by atoms with Gasteiger partial charge in [-0.2, -0.15) is 0 Å². The van der Waals surface area contributed by atoms with Crippen LogP contribution in [0, 0.1) is 10.8 Å². The van der Waals surface area contributed by atoms with Crippen LogP contribution in [-0.4, -0.2) is 50.6 Å². The first-order chi connectivity index (χ1) is 9.63. The molecule has 6 nitrogen and oxygen atoms in total. The van der Waals surface area contributed by atoms with Crippen molar-refractivity contribution >= 4 is 11.9 Å². The van der Waals surface area contributed by atoms with Crippen molar-refractivity contribution < 1.29 is 28.5 Å². The smallest absolute Gasteiger partial charge is 0.319 e. The van der Waals surface area contributed by atoms with Crippen LogP contribution in [0.2, 0.25) is 0 Å². The number of carbonyl (C=O) groups is 2. The van der Waals surface area contributed by atoms with Crippen molar-refractivity contribution in [3.8, 4) is 0 Å². The van der Waals surface area contributed by atoms with E-state index in [-0.39, 0.29) is 0 Å². The molecule has 2 saturated heterocycles. The van der Waals surface area contributed by atoms with E-state index in [1.807, 2.05) is 0 Å². The lowest BCUT2D eigenvalue weighted by Gasteiger charge is -2.42. The van der Waals surface area contributed by atoms with Gasteiger partial charge in [-0.25, -0.2) is 0 Å². The molecular formula is C14H14O6. The quantitative estimate of drug-likeness (QED) is 0.522. The van der Waals surface area contributed by atoms with Crippen LogP contribution in [0.15, 0.2) is 24.3 Å². The van der Waals surface area contributed by atoms with Crippen molar-refractivity contribution in [2.75, 3.05) is 14.2 Å². The number of hydrogen-bond acceptors (Lipinski definition) is 6. The van der Waals surface area contributed by atoms with E-state index < -0.39 is 47.2 Å². The largest absolute Gasteiger partial charge is 0.468 e. The standard InChI is InChI=1S/C14H14O6/c1-17-11(15)13-7-3-5-9(19-7)14(13,12(16)18-2)10-6-4-8(13)20-10/h3-10H,1-2H3/t7-,8-,9+,10+,13?,14?. The molecular weight excluding hydrogens is 264 g/mol. The van der Waals surface area contributed by atoms with Crippen LogP contribution in [0.3, 0.4) is 0 Å². The van der Waals surface area contributed by atoms with Crippen LogP contribution in [0.4, 0.5) is 0 Å². The first-order valence-corrected chi connectivity index (χ1v) is 6.48. The maximum atomic E-state index is 12.6. The van der Waals surface area contributed by atoms with Crippen molar-refractivity contribution in [3.05, 3.63) is 24.3 Å². The van der Waals surface area contributed by atoms with E-state index in [0.717, 1.165) is 0 Å². The molecule has 20 heavy (non-hydrogen) atoms. The molecule has 0 aromatic carbocycles. The van der Waals surface area contributed by atoms with Gasteiger partial charge in [0.05, 0.1) is 38.6 Å². The Morgan fingerprint density at radius 2 is 1.10 bits per heavy atom. The Morgan fingerprint density at radius 3 is 1.35 bits per heavy atom. The predicted octanol–water partition coefficient (Wildman–Crippen LogP) is -0.0204. The number of fused-ring (bicyclic) bond motifs is 9. The molecule has 0 N–H and O–H groups in total. The van der Waals surface area contributed by atoms with Crippen molar-refractivity contribution in [1.29, 1.82) is 0 Å². The molecule has 0 aliphatic carbocycles. The monoisotopic (exact) mass is 278 g/mol. The van der Waals surface area contributed by atoms with Gasteiger partial charge in [0, 0.05) is 0 Å². The Hall–Kier alpha value is -1.66. The minimum absolute atomic E-state index is 0.489. The van der Waals surface area contributed by atoms with Crippen LogP contribution >= 0.6 is 0 Å². The van der Waals surface area contributed by atoms with E-state index >= 15 is 0 Å². The van der Waals surface area contributed by atoms with Crippen LogP contribution in [0.25, 0.3) is 0 Å². The van der Waals surface area contributed by atoms with Crippen LogP contribution in [0.1, 0.15) is 0 Å². The van der Waals surface area contributed by atoms with Gasteiger partial charge in [0.25, 0.3) is 0 Å². The minimum atomic E-state index is -1.19. The highest BCUT2D eigenvalue weighted by Crippen LogP contribution is 2.69. The van der Waals surface area contributed by atoms with E-state index in [0.29, 0.717) is 0 Å². The molecule has 6 heteroatoms. The Labute approximate surface area is 115 Å². The summed E-state index contributed by atoms with van der Waals surface area (Å²) in [5, 5.41) is 0. The fourth-order valence-corrected chi connectivity index (χ4v) is 4.34. The fraction of sp³-hybridized carbons (Fsp3) is 0.571. The summed E-state index contributed by atoms with van der Waals surface area (Å²) in [4.78, 5) is 25.1. The zero-order valence-electron chi connectivity index (χ0n) is 11.1. The summed E-state index contributed by atoms with van der Waals surface area (Å²) >= 11 is 0. The van der Waals surface area contributed by atoms with Crippen molar-refractivity contribution in [3.63, 3.8) is 0 Å². The highest BCUT2D eigenvalue weighted by atomic mass is 16.6. The topological polar surface area (TPSA) is 71.1 Å². The van der Waals surface area contributed by atoms with Crippen LogP contribution in [0.5, 0.6) is 0 Å². The maximum absolute atomic E-state index is 12.6. The average molecular weight is 278 g/mol. The SMILES string of the molecule is COC(=O)C12[C@@H]3C=C[C@@H](O3)C1(C(=O)OC)[C@H]1C=C[C@@H]2O1. The van der Waals surface area contributed by atoms with E-state index in [1.54, 1.807) is 24.3 Å². The van der Waals surface area contributed by atoms with Gasteiger partial charge in [0.15, 0.2) is 0 Å². The van der Waals surface area contributed by atoms with E-state index in [2.05, 4.69) is 0 Å². The molecule has 4 aliphatic rings. The molecule has 4 heterocycles. The molecule has 4 atom stereocenters. The van der Waals surface area contributed by atoms with Crippen molar-refractivity contribution in [2.24, 2.45) is 10.8 Å². The highest BCUT2D eigenvalue weighted by molar-refractivity contribution is 5.94. The Kier molecular flexibility index (Phi) is 2.12. The first-order valence-electron chi connectivity index (χ1n) is 6.48. The summed E-state index contributed by atoms with van der Waals surface area (Å²) < 4.78 is 21.7. The lowest BCUT2D eigenvalue weighted by molar-refractivity contribution is -0.174. The van der Waals surface area contributed by atoms with Gasteiger partial charge < -0.3 is 18.9 Å². The van der Waals surface area contributed by atoms with Crippen molar-refractivity contribution in [1.82, 2.24) is 0 Å². The summed E-state index contributed by atoms with van der Waals surface area (Å²) in [5.41, 5.74) is -2.37. The van der Waals surface area contributed by atoms with Gasteiger partial charge in [0.2, 0.25) is 0 Å². The van der Waals surface area contributed by atoms with E-state index in [1.165, 1.54) is 14.2 Å². The van der Waals surface area contributed by atoms with Gasteiger partial charge in [-0.1, -0.05) is 24.3 Å². The summed E-state index contributed by atoms with van der Waals surface area (Å²) in [7, 11) is 2.62. The van der Waals surface area contributed by atoms with Crippen molar-refractivity contribution in [2.45, 2.75) is 24.4 Å². The first kappa shape index (κ1) is 12.1. The Morgan fingerprint density at radius 1 is 0.800 bits per heavy atom. The normalized spacial score (nSPS) is 49.5. The molecule has 2 fully saturated rings. The Balaban J connectivity index is 2.01. The number of hydrogen-bond donors (Lipinski definition) is 0. The molecule has 4 bridgehead atoms. The number of rotatable bonds is 2. The van der Waals surface area contributed by atoms with Gasteiger partial charge in [-0.15, -0.1) is 0 Å². The predicted molar refractivity (Wildman–Crippen MR) is 64.5 cm³/mol. The molecule has 4 aliphatic heterocycles. The zero-order valence-corrected chi connectivity index (χ0v) is 11.1. The summed E-state index contributed by atoms with van der Waals surface area (Å²) in [6.45, 7) is 0. The fourth-order valence-electron chi connectivity index (χ4n) is 4.34. The van der Waals surface area contributed by atoms with Gasteiger partial charge in [-0.3, -0.25) is 9.59 Å². The number of carbonyl (C=O) groups excluding carboxylic acids is 2. The number of esters is 2. The second-order valence-electron chi connectivity index (χ2n) is 5.45. The lowest BCUT2D eigenvalue weighted by atomic mass is 9.53. The summed E-state index contributed by atoms with van der Waals surface area (Å²) in [6, 6.07) is 0. The van der Waals surface area contributed by atoms with Gasteiger partial charge in [0.1, 0.15) is 10.8 Å². The van der Waals surface area contributed by atoms with E-state index in [4.69, 9.17) is 18.9 Å². The lowest BCUT2D eigenvalue weighted by Crippen LogP contribution is -2.62. The van der Waals surface area contributed by atoms with Crippen LogP contribution < -0.4 is 0 Å². The molecule has 0 amide bonds. The third kappa shape index (κ3) is 0.901. The average Bonchev–Trinajstić information content (AvgIpc) is 3.21. The summed E-state index contributed by atoms with van der Waals surface area (Å²) in [6.07, 6.45) is 5.11. The molecule has 0 saturated carbocycles. The van der Waals surface area contributed by atoms with Gasteiger partial charge >= 0.3 is 11.9 Å². The minimum Gasteiger partial charge on any atom is -0.468 e. The summed E-state index contributed by atoms with van der Waals surface area (Å²) in [5.74, 6) is -0.979. The molecule has 0 aromatic rings. The highest BCUT2D eigenvalue weighted by Gasteiger charge is 2.85. The zero-order chi connectivity index (χ0) is 14.1. The Bertz CT molecular complexity index is 488. The number of methoxy groups -OCH3 is 2. The molecule has 0 aromatic heterocycles. The third-order valence-electron chi connectivity index (χ3n) is 5.03. The molecule has 4 rings (SSSR count). The van der Waals surface area contributed by atoms with Gasteiger partial charge in [-0.05, 0) is 0 Å². The van der Waals surface area contributed by atoms with Crippen LogP contribution in [-0.2, 0) is 28.5 Å². The second kappa shape index (κ2) is 3.51. The molecule has 106 valence electrons. The second-order valence-corrected chi connectivity index (χ2v) is 5.45. The van der Waals surface area contributed by atoms with E-state index in [9.17, 15) is 9.59 Å².